The quantitative estimate of drug-likeness (QED) is 0.252. The molecule has 206 valence electrons. The van der Waals surface area contributed by atoms with Crippen molar-refractivity contribution in [2.75, 3.05) is 26.4 Å². The third kappa shape index (κ3) is 5.02. The van der Waals surface area contributed by atoms with Gasteiger partial charge in [0.05, 0.1) is 96.2 Å². The zero-order valence-corrected chi connectivity index (χ0v) is 20.2. The van der Waals surface area contributed by atoms with E-state index in [9.17, 15) is 33.9 Å². The van der Waals surface area contributed by atoms with E-state index in [1.807, 2.05) is 0 Å². The van der Waals surface area contributed by atoms with Gasteiger partial charge in [-0.2, -0.15) is 0 Å². The number of aliphatic hydroxyl groups excluding tert-OH is 1. The van der Waals surface area contributed by atoms with Crippen molar-refractivity contribution < 1.29 is 24.1 Å². The van der Waals surface area contributed by atoms with Gasteiger partial charge in [-0.25, -0.2) is 56.2 Å². The second-order valence-electron chi connectivity index (χ2n) is 9.83. The minimum Gasteiger partial charge on any atom is -0.389 e. The summed E-state index contributed by atoms with van der Waals surface area (Å²) in [5.74, 6) is 0. The molecule has 4 fully saturated rings. The molecular formula is C21H26N6O11. The van der Waals surface area contributed by atoms with Gasteiger partial charge in [0.25, 0.3) is 0 Å². The molecule has 2 aromatic heterocycles. The van der Waals surface area contributed by atoms with Crippen molar-refractivity contribution in [3.63, 3.8) is 0 Å². The van der Waals surface area contributed by atoms with Crippen molar-refractivity contribution in [2.24, 2.45) is 0 Å². The predicted molar refractivity (Wildman–Crippen MR) is 123 cm³/mol. The molecule has 0 saturated carbocycles. The molecule has 4 aliphatic rings. The molecule has 6 rings (SSSR count). The largest absolute Gasteiger partial charge is 0.389 e. The van der Waals surface area contributed by atoms with E-state index in [4.69, 9.17) is 18.9 Å². The molecule has 0 radical (unpaired) electrons. The van der Waals surface area contributed by atoms with E-state index >= 15 is 0 Å². The lowest BCUT2D eigenvalue weighted by Gasteiger charge is -2.18. The van der Waals surface area contributed by atoms with Crippen molar-refractivity contribution in [1.29, 1.82) is 0 Å². The molecule has 38 heavy (non-hydrogen) atoms. The molecule has 4 unspecified atom stereocenters. The van der Waals surface area contributed by atoms with Crippen molar-refractivity contribution in [3.05, 3.63) is 62.9 Å². The Morgan fingerprint density at radius 2 is 0.711 bits per heavy atom. The van der Waals surface area contributed by atoms with Crippen LogP contribution in [0.1, 0.15) is 0 Å². The molecule has 0 bridgehead atoms. The highest BCUT2D eigenvalue weighted by Crippen LogP contribution is 2.12. The van der Waals surface area contributed by atoms with E-state index < -0.39 is 53.3 Å². The molecule has 4 atom stereocenters. The first-order chi connectivity index (χ1) is 18.2. The average Bonchev–Trinajstić information content (AvgIpc) is 3.68. The van der Waals surface area contributed by atoms with Gasteiger partial charge in [0, 0.05) is 0 Å². The maximum Gasteiger partial charge on any atom is 0.336 e. The van der Waals surface area contributed by atoms with Crippen molar-refractivity contribution in [3.8, 4) is 0 Å². The van der Waals surface area contributed by atoms with Crippen LogP contribution in [0.2, 0.25) is 0 Å². The SMILES string of the molecule is O=c1n(CC(O)Cn2c(=O)n(CC3CO3)c(=O)n(CC3CO3)c2=O)c(=O)n(CC2CO2)c(=O)n1CC1CO1. The summed E-state index contributed by atoms with van der Waals surface area (Å²) in [6.07, 6.45) is -2.94. The second-order valence-corrected chi connectivity index (χ2v) is 9.83. The minimum atomic E-state index is -1.58. The molecule has 4 aliphatic heterocycles. The first kappa shape index (κ1) is 24.9. The number of nitrogens with zero attached hydrogens (tertiary/aromatic N) is 6. The van der Waals surface area contributed by atoms with E-state index in [2.05, 4.69) is 0 Å². The summed E-state index contributed by atoms with van der Waals surface area (Å²) < 4.78 is 25.3. The summed E-state index contributed by atoms with van der Waals surface area (Å²) >= 11 is 0. The highest BCUT2D eigenvalue weighted by molar-refractivity contribution is 4.88. The monoisotopic (exact) mass is 538 g/mol. The Labute approximate surface area is 211 Å². The van der Waals surface area contributed by atoms with Gasteiger partial charge in [-0.15, -0.1) is 0 Å². The van der Waals surface area contributed by atoms with E-state index in [0.29, 0.717) is 35.6 Å². The average molecular weight is 538 g/mol. The van der Waals surface area contributed by atoms with Crippen LogP contribution >= 0.6 is 0 Å². The fourth-order valence-corrected chi connectivity index (χ4v) is 4.29. The number of ether oxygens (including phenoxy) is 4. The van der Waals surface area contributed by atoms with Crippen LogP contribution in [0, 0.1) is 0 Å². The Hall–Kier alpha value is -3.38. The molecule has 0 spiro atoms. The van der Waals surface area contributed by atoms with Gasteiger partial charge in [-0.3, -0.25) is 0 Å². The molecule has 0 amide bonds. The molecule has 17 nitrogen and oxygen atoms in total. The third-order valence-electron chi connectivity index (χ3n) is 6.71. The molecule has 6 heterocycles. The number of hydrogen-bond acceptors (Lipinski definition) is 11. The van der Waals surface area contributed by atoms with Gasteiger partial charge in [0.15, 0.2) is 0 Å². The molecule has 1 N–H and O–H groups in total. The number of hydrogen-bond donors (Lipinski definition) is 1. The number of rotatable bonds is 12. The first-order valence-corrected chi connectivity index (χ1v) is 12.2. The lowest BCUT2D eigenvalue weighted by Crippen LogP contribution is -2.58. The third-order valence-corrected chi connectivity index (χ3v) is 6.71. The molecule has 17 heteroatoms. The zero-order valence-electron chi connectivity index (χ0n) is 20.2. The van der Waals surface area contributed by atoms with Gasteiger partial charge in [-0.1, -0.05) is 0 Å². The fraction of sp³-hybridized carbons (Fsp3) is 0.714. The van der Waals surface area contributed by atoms with Gasteiger partial charge in [0.2, 0.25) is 0 Å². The van der Waals surface area contributed by atoms with Crippen LogP contribution < -0.4 is 34.1 Å². The summed E-state index contributed by atoms with van der Waals surface area (Å²) in [4.78, 5) is 78.0. The molecule has 2 aromatic rings. The van der Waals surface area contributed by atoms with Gasteiger partial charge < -0.3 is 24.1 Å². The number of epoxide rings is 4. The predicted octanol–water partition coefficient (Wildman–Crippen LogP) is -5.69. The van der Waals surface area contributed by atoms with Crippen molar-refractivity contribution in [2.45, 2.75) is 69.8 Å². The van der Waals surface area contributed by atoms with Crippen LogP contribution in [0.5, 0.6) is 0 Å². The lowest BCUT2D eigenvalue weighted by atomic mass is 10.3. The highest BCUT2D eigenvalue weighted by Gasteiger charge is 2.32. The summed E-state index contributed by atoms with van der Waals surface area (Å²) in [5.41, 5.74) is -5.42. The van der Waals surface area contributed by atoms with Crippen LogP contribution in [0.4, 0.5) is 0 Å². The summed E-state index contributed by atoms with van der Waals surface area (Å²) in [5, 5.41) is 10.8. The van der Waals surface area contributed by atoms with Crippen LogP contribution in [0.3, 0.4) is 0 Å². The Morgan fingerprint density at radius 1 is 0.500 bits per heavy atom. The Balaban J connectivity index is 1.34. The molecular weight excluding hydrogens is 512 g/mol. The molecule has 0 aliphatic carbocycles. The Bertz CT molecular complexity index is 1390. The van der Waals surface area contributed by atoms with Gasteiger partial charge in [0.1, 0.15) is 0 Å². The Kier molecular flexibility index (Phi) is 6.18. The van der Waals surface area contributed by atoms with Crippen molar-refractivity contribution >= 4 is 0 Å². The van der Waals surface area contributed by atoms with Crippen LogP contribution in [-0.4, -0.2) is 89.5 Å². The summed E-state index contributed by atoms with van der Waals surface area (Å²) in [6, 6.07) is 0. The number of aliphatic hydroxyl groups is 1. The number of aromatic nitrogens is 6. The van der Waals surface area contributed by atoms with Gasteiger partial charge in [-0.05, 0) is 0 Å². The van der Waals surface area contributed by atoms with Crippen LogP contribution in [0.25, 0.3) is 0 Å². The van der Waals surface area contributed by atoms with Crippen LogP contribution in [0.15, 0.2) is 28.8 Å². The first-order valence-electron chi connectivity index (χ1n) is 12.2. The zero-order chi connectivity index (χ0) is 26.7. The fourth-order valence-electron chi connectivity index (χ4n) is 4.29. The van der Waals surface area contributed by atoms with Crippen LogP contribution in [-0.2, 0) is 58.2 Å². The maximum absolute atomic E-state index is 13.1. The topological polar surface area (TPSA) is 202 Å². The van der Waals surface area contributed by atoms with E-state index in [0.717, 1.165) is 18.3 Å². The van der Waals surface area contributed by atoms with Crippen molar-refractivity contribution in [1.82, 2.24) is 27.4 Å². The molecule has 4 saturated heterocycles. The maximum atomic E-state index is 13.1. The van der Waals surface area contributed by atoms with Gasteiger partial charge >= 0.3 is 34.1 Å². The summed E-state index contributed by atoms with van der Waals surface area (Å²) in [6.45, 7) is -0.0477. The standard InChI is InChI=1S/C21H26N6O11/c28-11(1-22-16(29)24(3-12-7-35-12)20(33)25(17(22)30)4-13-8-36-13)2-23-18(31)26(5-14-9-37-14)21(34)27(19(23)32)6-15-10-38-15/h11-15,28H,1-10H2. The summed E-state index contributed by atoms with van der Waals surface area (Å²) in [7, 11) is 0. The van der Waals surface area contributed by atoms with E-state index in [-0.39, 0.29) is 50.6 Å². The minimum absolute atomic E-state index is 0.0683. The Morgan fingerprint density at radius 3 is 0.921 bits per heavy atom. The second kappa shape index (κ2) is 9.42. The highest BCUT2D eigenvalue weighted by atomic mass is 16.6. The lowest BCUT2D eigenvalue weighted by molar-refractivity contribution is 0.123. The normalized spacial score (nSPS) is 25.8. The van der Waals surface area contributed by atoms with E-state index in [1.165, 1.54) is 0 Å². The van der Waals surface area contributed by atoms with E-state index in [1.54, 1.807) is 0 Å². The smallest absolute Gasteiger partial charge is 0.336 e. The molecule has 0 aromatic carbocycles.